The summed E-state index contributed by atoms with van der Waals surface area (Å²) >= 11 is 0. The Labute approximate surface area is 118 Å². The Bertz CT molecular complexity index is 460. The molecule has 0 bridgehead atoms. The maximum absolute atomic E-state index is 11.4. The number of benzene rings is 1. The van der Waals surface area contributed by atoms with Gasteiger partial charge in [0.2, 0.25) is 0 Å². The Hall–Kier alpha value is -2.04. The Kier molecular flexibility index (Phi) is 5.55. The average molecular weight is 279 g/mol. The molecule has 0 aliphatic rings. The third kappa shape index (κ3) is 6.22. The SMILES string of the molecule is CC(C)(C)OC(=O)NCCCc1ccc(C(=O)O)cc1. The summed E-state index contributed by atoms with van der Waals surface area (Å²) in [6, 6.07) is 6.74. The normalized spacial score (nSPS) is 10.9. The van der Waals surface area contributed by atoms with Crippen LogP contribution in [0.4, 0.5) is 4.79 Å². The molecule has 0 saturated heterocycles. The van der Waals surface area contributed by atoms with E-state index in [4.69, 9.17) is 9.84 Å². The number of carbonyl (C=O) groups is 2. The second-order valence-corrected chi connectivity index (χ2v) is 5.53. The van der Waals surface area contributed by atoms with Gasteiger partial charge in [-0.3, -0.25) is 0 Å². The summed E-state index contributed by atoms with van der Waals surface area (Å²) in [6.07, 6.45) is 1.13. The molecule has 0 heterocycles. The van der Waals surface area contributed by atoms with Gasteiger partial charge in [-0.15, -0.1) is 0 Å². The molecule has 0 aliphatic carbocycles. The van der Waals surface area contributed by atoms with Crippen LogP contribution in [-0.2, 0) is 11.2 Å². The monoisotopic (exact) mass is 279 g/mol. The standard InChI is InChI=1S/C15H21NO4/c1-15(2,3)20-14(19)16-10-4-5-11-6-8-12(9-7-11)13(17)18/h6-9H,4-5,10H2,1-3H3,(H,16,19)(H,17,18). The lowest BCUT2D eigenvalue weighted by molar-refractivity contribution is 0.0526. The molecular weight excluding hydrogens is 258 g/mol. The van der Waals surface area contributed by atoms with Gasteiger partial charge >= 0.3 is 12.1 Å². The van der Waals surface area contributed by atoms with E-state index in [2.05, 4.69) is 5.32 Å². The number of hydrogen-bond donors (Lipinski definition) is 2. The van der Waals surface area contributed by atoms with Gasteiger partial charge in [0.25, 0.3) is 0 Å². The molecule has 5 nitrogen and oxygen atoms in total. The second-order valence-electron chi connectivity index (χ2n) is 5.53. The fraction of sp³-hybridized carbons (Fsp3) is 0.467. The fourth-order valence-electron chi connectivity index (χ4n) is 1.61. The minimum absolute atomic E-state index is 0.278. The summed E-state index contributed by atoms with van der Waals surface area (Å²) in [4.78, 5) is 22.1. The van der Waals surface area contributed by atoms with Crippen molar-refractivity contribution in [3.05, 3.63) is 35.4 Å². The van der Waals surface area contributed by atoms with Crippen molar-refractivity contribution in [2.45, 2.75) is 39.2 Å². The molecule has 1 amide bonds. The van der Waals surface area contributed by atoms with Crippen LogP contribution in [0.1, 0.15) is 43.1 Å². The lowest BCUT2D eigenvalue weighted by Crippen LogP contribution is -2.33. The highest BCUT2D eigenvalue weighted by Crippen LogP contribution is 2.08. The van der Waals surface area contributed by atoms with Gasteiger partial charge in [-0.1, -0.05) is 12.1 Å². The van der Waals surface area contributed by atoms with E-state index < -0.39 is 17.7 Å². The predicted octanol–water partition coefficient (Wildman–Crippen LogP) is 2.84. The number of aryl methyl sites for hydroxylation is 1. The van der Waals surface area contributed by atoms with Crippen LogP contribution in [0.25, 0.3) is 0 Å². The van der Waals surface area contributed by atoms with E-state index in [0.717, 1.165) is 18.4 Å². The molecule has 1 aromatic carbocycles. The number of carboxylic acids is 1. The maximum Gasteiger partial charge on any atom is 0.407 e. The van der Waals surface area contributed by atoms with Crippen molar-refractivity contribution in [1.29, 1.82) is 0 Å². The van der Waals surface area contributed by atoms with E-state index in [0.29, 0.717) is 6.54 Å². The molecule has 5 heteroatoms. The number of ether oxygens (including phenoxy) is 1. The summed E-state index contributed by atoms with van der Waals surface area (Å²) in [5.41, 5.74) is 0.832. The molecule has 1 rings (SSSR count). The smallest absolute Gasteiger partial charge is 0.407 e. The Morgan fingerprint density at radius 2 is 1.80 bits per heavy atom. The van der Waals surface area contributed by atoms with Crippen LogP contribution in [0.2, 0.25) is 0 Å². The number of nitrogens with one attached hydrogen (secondary N) is 1. The molecule has 20 heavy (non-hydrogen) atoms. The Morgan fingerprint density at radius 3 is 2.30 bits per heavy atom. The lowest BCUT2D eigenvalue weighted by Gasteiger charge is -2.19. The molecule has 0 aliphatic heterocycles. The van der Waals surface area contributed by atoms with Crippen molar-refractivity contribution < 1.29 is 19.4 Å². The lowest BCUT2D eigenvalue weighted by atomic mass is 10.1. The Morgan fingerprint density at radius 1 is 1.20 bits per heavy atom. The highest BCUT2D eigenvalue weighted by Gasteiger charge is 2.15. The molecule has 0 saturated carbocycles. The van der Waals surface area contributed by atoms with Crippen LogP contribution in [0.3, 0.4) is 0 Å². The van der Waals surface area contributed by atoms with Crippen molar-refractivity contribution in [3.63, 3.8) is 0 Å². The molecule has 0 aromatic heterocycles. The zero-order chi connectivity index (χ0) is 15.2. The van der Waals surface area contributed by atoms with Crippen LogP contribution in [0, 0.1) is 0 Å². The van der Waals surface area contributed by atoms with Crippen LogP contribution in [-0.4, -0.2) is 29.3 Å². The molecule has 0 radical (unpaired) electrons. The number of hydrogen-bond acceptors (Lipinski definition) is 3. The molecule has 0 spiro atoms. The predicted molar refractivity (Wildman–Crippen MR) is 76.0 cm³/mol. The number of aromatic carboxylic acids is 1. The number of rotatable bonds is 5. The quantitative estimate of drug-likeness (QED) is 0.813. The summed E-state index contributed by atoms with van der Waals surface area (Å²) < 4.78 is 5.12. The first-order chi connectivity index (χ1) is 9.28. The van der Waals surface area contributed by atoms with Gasteiger partial charge < -0.3 is 15.2 Å². The molecule has 1 aromatic rings. The van der Waals surface area contributed by atoms with Crippen LogP contribution >= 0.6 is 0 Å². The number of carbonyl (C=O) groups excluding carboxylic acids is 1. The zero-order valence-electron chi connectivity index (χ0n) is 12.1. The van der Waals surface area contributed by atoms with Gasteiger partial charge in [0, 0.05) is 6.54 Å². The van der Waals surface area contributed by atoms with Crippen molar-refractivity contribution in [1.82, 2.24) is 5.32 Å². The minimum Gasteiger partial charge on any atom is -0.478 e. The molecule has 110 valence electrons. The molecular formula is C15H21NO4. The topological polar surface area (TPSA) is 75.6 Å². The average Bonchev–Trinajstić information content (AvgIpc) is 2.33. The highest BCUT2D eigenvalue weighted by molar-refractivity contribution is 5.87. The summed E-state index contributed by atoms with van der Waals surface area (Å²) in [5.74, 6) is -0.928. The van der Waals surface area contributed by atoms with Crippen molar-refractivity contribution in [3.8, 4) is 0 Å². The third-order valence-electron chi connectivity index (χ3n) is 2.51. The van der Waals surface area contributed by atoms with Gasteiger partial charge in [0.05, 0.1) is 5.56 Å². The second kappa shape index (κ2) is 6.93. The van der Waals surface area contributed by atoms with Crippen molar-refractivity contribution in [2.75, 3.05) is 6.54 Å². The highest BCUT2D eigenvalue weighted by atomic mass is 16.6. The van der Waals surface area contributed by atoms with Gasteiger partial charge in [0.1, 0.15) is 5.60 Å². The van der Waals surface area contributed by atoms with Crippen LogP contribution < -0.4 is 5.32 Å². The van der Waals surface area contributed by atoms with Crippen molar-refractivity contribution >= 4 is 12.1 Å². The molecule has 0 atom stereocenters. The number of alkyl carbamates (subject to hydrolysis) is 1. The first-order valence-corrected chi connectivity index (χ1v) is 6.57. The number of carboxylic acid groups (broad SMARTS) is 1. The van der Waals surface area contributed by atoms with E-state index in [-0.39, 0.29) is 5.56 Å². The van der Waals surface area contributed by atoms with E-state index in [1.165, 1.54) is 0 Å². The van der Waals surface area contributed by atoms with Crippen molar-refractivity contribution in [2.24, 2.45) is 0 Å². The zero-order valence-corrected chi connectivity index (χ0v) is 12.1. The van der Waals surface area contributed by atoms with Gasteiger partial charge in [-0.05, 0) is 51.3 Å². The first-order valence-electron chi connectivity index (χ1n) is 6.57. The van der Waals surface area contributed by atoms with Gasteiger partial charge in [0.15, 0.2) is 0 Å². The maximum atomic E-state index is 11.4. The summed E-state index contributed by atoms with van der Waals surface area (Å²) in [5, 5.41) is 11.5. The van der Waals surface area contributed by atoms with E-state index >= 15 is 0 Å². The summed E-state index contributed by atoms with van der Waals surface area (Å²) in [6.45, 7) is 5.97. The molecule has 0 fully saturated rings. The van der Waals surface area contributed by atoms with Gasteiger partial charge in [-0.2, -0.15) is 0 Å². The largest absolute Gasteiger partial charge is 0.478 e. The number of amides is 1. The van der Waals surface area contributed by atoms with Crippen LogP contribution in [0.15, 0.2) is 24.3 Å². The van der Waals surface area contributed by atoms with Crippen LogP contribution in [0.5, 0.6) is 0 Å². The van der Waals surface area contributed by atoms with Gasteiger partial charge in [-0.25, -0.2) is 9.59 Å². The minimum atomic E-state index is -0.928. The Balaban J connectivity index is 2.27. The van der Waals surface area contributed by atoms with E-state index in [9.17, 15) is 9.59 Å². The van der Waals surface area contributed by atoms with E-state index in [1.54, 1.807) is 24.3 Å². The molecule has 2 N–H and O–H groups in total. The fourth-order valence-corrected chi connectivity index (χ4v) is 1.61. The molecule has 0 unspecified atom stereocenters. The van der Waals surface area contributed by atoms with E-state index in [1.807, 2.05) is 20.8 Å². The first kappa shape index (κ1) is 16.0. The third-order valence-corrected chi connectivity index (χ3v) is 2.51. The summed E-state index contributed by atoms with van der Waals surface area (Å²) in [7, 11) is 0.